The minimum atomic E-state index is -0.165. The predicted octanol–water partition coefficient (Wildman–Crippen LogP) is 0.152. The molecule has 0 radical (unpaired) electrons. The molecule has 0 aromatic rings. The summed E-state index contributed by atoms with van der Waals surface area (Å²) in [6.45, 7) is 8.77. The highest BCUT2D eigenvalue weighted by Gasteiger charge is 2.28. The maximum absolute atomic E-state index is 12.3. The summed E-state index contributed by atoms with van der Waals surface area (Å²) in [7, 11) is 0. The molecule has 0 spiro atoms. The van der Waals surface area contributed by atoms with Crippen molar-refractivity contribution in [3.8, 4) is 0 Å². The lowest BCUT2D eigenvalue weighted by atomic mass is 9.97. The van der Waals surface area contributed by atoms with E-state index in [1.807, 2.05) is 0 Å². The molecule has 8 heteroatoms. The van der Waals surface area contributed by atoms with Crippen LogP contribution in [0.2, 0.25) is 0 Å². The van der Waals surface area contributed by atoms with Crippen molar-refractivity contribution >= 4 is 23.6 Å². The smallest absolute Gasteiger partial charge is 0.317 e. The summed E-state index contributed by atoms with van der Waals surface area (Å²) in [4.78, 5) is 38.9. The third kappa shape index (κ3) is 4.94. The van der Waals surface area contributed by atoms with Crippen LogP contribution in [-0.2, 0) is 9.59 Å². The number of urea groups is 1. The monoisotopic (exact) mass is 323 g/mol. The summed E-state index contributed by atoms with van der Waals surface area (Å²) >= 11 is 0. The zero-order valence-corrected chi connectivity index (χ0v) is 14.0. The molecule has 2 aliphatic heterocycles. The van der Waals surface area contributed by atoms with Crippen molar-refractivity contribution in [2.45, 2.75) is 33.6 Å². The topological polar surface area (TPSA) is 94.1 Å². The molecule has 0 aromatic carbocycles. The molecule has 4 amide bonds. The molecular weight excluding hydrogens is 298 g/mol. The van der Waals surface area contributed by atoms with Gasteiger partial charge in [0, 0.05) is 45.6 Å². The van der Waals surface area contributed by atoms with Gasteiger partial charge in [-0.1, -0.05) is 20.8 Å². The largest absolute Gasteiger partial charge is 0.337 e. The van der Waals surface area contributed by atoms with Crippen LogP contribution < -0.4 is 10.7 Å². The summed E-state index contributed by atoms with van der Waals surface area (Å²) in [6, 6.07) is -0.0886. The van der Waals surface area contributed by atoms with Gasteiger partial charge in [-0.25, -0.2) is 10.2 Å². The number of carbonyl (C=O) groups is 3. The summed E-state index contributed by atoms with van der Waals surface area (Å²) in [5, 5.41) is 6.75. The summed E-state index contributed by atoms with van der Waals surface area (Å²) in [6.07, 6.45) is 0.663. The van der Waals surface area contributed by atoms with Gasteiger partial charge in [0.15, 0.2) is 0 Å². The van der Waals surface area contributed by atoms with Crippen molar-refractivity contribution in [3.63, 3.8) is 0 Å². The van der Waals surface area contributed by atoms with Crippen LogP contribution in [0.1, 0.15) is 33.6 Å². The molecule has 0 aliphatic carbocycles. The van der Waals surface area contributed by atoms with E-state index in [0.717, 1.165) is 0 Å². The van der Waals surface area contributed by atoms with Gasteiger partial charge in [-0.2, -0.15) is 5.10 Å². The average Bonchev–Trinajstić information content (AvgIpc) is 2.52. The molecule has 1 fully saturated rings. The lowest BCUT2D eigenvalue weighted by Crippen LogP contribution is -2.55. The molecule has 1 saturated heterocycles. The second-order valence-electron chi connectivity index (χ2n) is 7.09. The fourth-order valence-corrected chi connectivity index (χ4v) is 2.38. The summed E-state index contributed by atoms with van der Waals surface area (Å²) in [5.74, 6) is -0.318. The average molecular weight is 323 g/mol. The summed E-state index contributed by atoms with van der Waals surface area (Å²) < 4.78 is 0. The Labute approximate surface area is 136 Å². The first-order valence-electron chi connectivity index (χ1n) is 7.94. The van der Waals surface area contributed by atoms with Crippen molar-refractivity contribution in [1.29, 1.82) is 0 Å². The second-order valence-corrected chi connectivity index (χ2v) is 7.09. The SMILES string of the molecule is CC(C)(C)CNC(=O)N1CCN(C(=O)C2=NNC(=O)CC2)CC1. The van der Waals surface area contributed by atoms with Gasteiger partial charge >= 0.3 is 6.03 Å². The Morgan fingerprint density at radius 2 is 1.74 bits per heavy atom. The Bertz CT molecular complexity index is 516. The van der Waals surface area contributed by atoms with Crippen molar-refractivity contribution in [2.24, 2.45) is 10.5 Å². The Kier molecular flexibility index (Phi) is 5.23. The molecule has 0 bridgehead atoms. The van der Waals surface area contributed by atoms with Gasteiger partial charge in [-0.15, -0.1) is 0 Å². The van der Waals surface area contributed by atoms with Crippen molar-refractivity contribution in [3.05, 3.63) is 0 Å². The number of piperazine rings is 1. The highest BCUT2D eigenvalue weighted by Crippen LogP contribution is 2.11. The van der Waals surface area contributed by atoms with Crippen molar-refractivity contribution < 1.29 is 14.4 Å². The maximum atomic E-state index is 12.3. The number of hydrogen-bond donors (Lipinski definition) is 2. The van der Waals surface area contributed by atoms with Crippen LogP contribution in [-0.4, -0.2) is 66.1 Å². The Morgan fingerprint density at radius 1 is 1.13 bits per heavy atom. The van der Waals surface area contributed by atoms with E-state index in [-0.39, 0.29) is 23.3 Å². The fraction of sp³-hybridized carbons (Fsp3) is 0.733. The van der Waals surface area contributed by atoms with Crippen LogP contribution in [0.3, 0.4) is 0 Å². The third-order valence-electron chi connectivity index (χ3n) is 3.78. The van der Waals surface area contributed by atoms with Gasteiger partial charge in [0.2, 0.25) is 5.91 Å². The van der Waals surface area contributed by atoms with Gasteiger partial charge < -0.3 is 15.1 Å². The van der Waals surface area contributed by atoms with E-state index in [1.165, 1.54) is 0 Å². The highest BCUT2D eigenvalue weighted by atomic mass is 16.2. The molecule has 2 heterocycles. The minimum absolute atomic E-state index is 0.0387. The number of hydrazone groups is 1. The van der Waals surface area contributed by atoms with Gasteiger partial charge in [0.05, 0.1) is 0 Å². The zero-order valence-electron chi connectivity index (χ0n) is 14.0. The van der Waals surface area contributed by atoms with E-state index < -0.39 is 0 Å². The molecule has 2 rings (SSSR count). The fourth-order valence-electron chi connectivity index (χ4n) is 2.38. The molecule has 0 aromatic heterocycles. The van der Waals surface area contributed by atoms with Crippen molar-refractivity contribution in [1.82, 2.24) is 20.5 Å². The van der Waals surface area contributed by atoms with E-state index in [0.29, 0.717) is 51.3 Å². The van der Waals surface area contributed by atoms with Gasteiger partial charge in [0.1, 0.15) is 5.71 Å². The molecule has 128 valence electrons. The zero-order chi connectivity index (χ0) is 17.0. The van der Waals surface area contributed by atoms with Crippen LogP contribution in [0.5, 0.6) is 0 Å². The molecule has 8 nitrogen and oxygen atoms in total. The molecule has 2 N–H and O–H groups in total. The van der Waals surface area contributed by atoms with E-state index in [1.54, 1.807) is 9.80 Å². The quantitative estimate of drug-likeness (QED) is 0.757. The van der Waals surface area contributed by atoms with Crippen LogP contribution in [0.4, 0.5) is 4.79 Å². The van der Waals surface area contributed by atoms with Gasteiger partial charge in [0.25, 0.3) is 5.91 Å². The Morgan fingerprint density at radius 3 is 2.26 bits per heavy atom. The first-order valence-corrected chi connectivity index (χ1v) is 7.94. The lowest BCUT2D eigenvalue weighted by Gasteiger charge is -2.35. The van der Waals surface area contributed by atoms with Crippen LogP contribution >= 0.6 is 0 Å². The van der Waals surface area contributed by atoms with E-state index in [2.05, 4.69) is 36.6 Å². The number of rotatable bonds is 2. The molecule has 0 unspecified atom stereocenters. The van der Waals surface area contributed by atoms with Crippen LogP contribution in [0.15, 0.2) is 5.10 Å². The lowest BCUT2D eigenvalue weighted by molar-refractivity contribution is -0.125. The van der Waals surface area contributed by atoms with E-state index >= 15 is 0 Å². The van der Waals surface area contributed by atoms with Crippen LogP contribution in [0.25, 0.3) is 0 Å². The van der Waals surface area contributed by atoms with Gasteiger partial charge in [-0.3, -0.25) is 9.59 Å². The standard InChI is InChI=1S/C15H25N5O3/c1-15(2,3)10-16-14(23)20-8-6-19(7-9-20)13(22)11-4-5-12(21)18-17-11/h4-10H2,1-3H3,(H,16,23)(H,18,21). The van der Waals surface area contributed by atoms with E-state index in [9.17, 15) is 14.4 Å². The minimum Gasteiger partial charge on any atom is -0.337 e. The van der Waals surface area contributed by atoms with Crippen molar-refractivity contribution in [2.75, 3.05) is 32.7 Å². The molecule has 23 heavy (non-hydrogen) atoms. The summed E-state index contributed by atoms with van der Waals surface area (Å²) in [5.41, 5.74) is 2.76. The first kappa shape index (κ1) is 17.2. The molecule has 2 aliphatic rings. The van der Waals surface area contributed by atoms with Crippen LogP contribution in [0, 0.1) is 5.41 Å². The molecule has 0 saturated carbocycles. The van der Waals surface area contributed by atoms with E-state index in [4.69, 9.17) is 0 Å². The number of nitrogens with zero attached hydrogens (tertiary/aromatic N) is 3. The molecular formula is C15H25N5O3. The second kappa shape index (κ2) is 6.97. The highest BCUT2D eigenvalue weighted by molar-refractivity contribution is 6.39. The number of carbonyl (C=O) groups excluding carboxylic acids is 3. The number of amides is 4. The Balaban J connectivity index is 1.80. The maximum Gasteiger partial charge on any atom is 0.317 e. The predicted molar refractivity (Wildman–Crippen MR) is 85.8 cm³/mol. The molecule has 0 atom stereocenters. The number of nitrogens with one attached hydrogen (secondary N) is 2. The normalized spacial score (nSPS) is 19.1. The number of hydrogen-bond acceptors (Lipinski definition) is 4. The third-order valence-corrected chi connectivity index (χ3v) is 3.78. The van der Waals surface area contributed by atoms with Gasteiger partial charge in [-0.05, 0) is 5.41 Å². The first-order chi connectivity index (χ1) is 10.8. The Hall–Kier alpha value is -2.12.